The number of nitrogens with zero attached hydrogens (tertiary/aromatic N) is 4. The van der Waals surface area contributed by atoms with Crippen molar-refractivity contribution in [3.8, 4) is 17.0 Å². The number of imidazole rings is 1. The lowest BCUT2D eigenvalue weighted by Crippen LogP contribution is -2.41. The third-order valence-electron chi connectivity index (χ3n) is 5.72. The number of aromatic hydroxyl groups is 1. The van der Waals surface area contributed by atoms with E-state index in [2.05, 4.69) is 16.0 Å². The number of nitrogen functional groups attached to an aromatic ring is 1. The Morgan fingerprint density at radius 3 is 2.64 bits per heavy atom. The third kappa shape index (κ3) is 5.45. The molecule has 0 atom stereocenters. The van der Waals surface area contributed by atoms with Crippen molar-refractivity contribution in [1.29, 1.82) is 0 Å². The van der Waals surface area contributed by atoms with Gasteiger partial charge in [-0.2, -0.15) is 4.98 Å². The van der Waals surface area contributed by atoms with E-state index >= 15 is 0 Å². The molecule has 1 aliphatic heterocycles. The molecule has 1 amide bonds. The summed E-state index contributed by atoms with van der Waals surface area (Å²) in [5, 5.41) is 10.1. The van der Waals surface area contributed by atoms with Gasteiger partial charge in [-0.25, -0.2) is 9.78 Å². The van der Waals surface area contributed by atoms with Crippen molar-refractivity contribution >= 4 is 23.8 Å². The van der Waals surface area contributed by atoms with Gasteiger partial charge in [-0.15, -0.1) is 0 Å². The number of carbonyl (C=O) groups excluding carboxylic acids is 1. The second-order valence-electron chi connectivity index (χ2n) is 9.48. The smallest absolute Gasteiger partial charge is 0.410 e. The minimum absolute atomic E-state index is 0.173. The number of nitrogens with two attached hydrogens (primary N) is 1. The molecular weight excluding hydrogens is 418 g/mol. The van der Waals surface area contributed by atoms with Crippen LogP contribution in [0.1, 0.15) is 45.6 Å². The number of hydrogen-bond acceptors (Lipinski definition) is 6. The zero-order valence-corrected chi connectivity index (χ0v) is 19.4. The second kappa shape index (κ2) is 9.13. The molecule has 3 heterocycles. The van der Waals surface area contributed by atoms with Crippen molar-refractivity contribution in [2.75, 3.05) is 18.8 Å². The molecule has 174 valence electrons. The SMILES string of the molecule is CC(C)(C)OC(=O)N1CCC(C/C=C/c2cn3cc(-c4ccccc4O)nc3nc2N)CC1. The fourth-order valence-electron chi connectivity index (χ4n) is 3.96. The van der Waals surface area contributed by atoms with E-state index in [1.54, 1.807) is 17.0 Å². The fourth-order valence-corrected chi connectivity index (χ4v) is 3.96. The van der Waals surface area contributed by atoms with Crippen LogP contribution in [0.2, 0.25) is 0 Å². The van der Waals surface area contributed by atoms with Gasteiger partial charge in [-0.05, 0) is 58.1 Å². The summed E-state index contributed by atoms with van der Waals surface area (Å²) in [6.45, 7) is 7.09. The average molecular weight is 450 g/mol. The molecule has 1 aromatic carbocycles. The molecular formula is C25H31N5O3. The first kappa shape index (κ1) is 22.6. The van der Waals surface area contributed by atoms with Gasteiger partial charge in [0.2, 0.25) is 5.78 Å². The highest BCUT2D eigenvalue weighted by Crippen LogP contribution is 2.28. The summed E-state index contributed by atoms with van der Waals surface area (Å²) in [7, 11) is 0. The molecule has 2 aromatic heterocycles. The van der Waals surface area contributed by atoms with Gasteiger partial charge < -0.3 is 20.5 Å². The largest absolute Gasteiger partial charge is 0.507 e. The monoisotopic (exact) mass is 449 g/mol. The molecule has 1 aliphatic rings. The first-order valence-corrected chi connectivity index (χ1v) is 11.3. The van der Waals surface area contributed by atoms with E-state index in [1.165, 1.54) is 0 Å². The summed E-state index contributed by atoms with van der Waals surface area (Å²) in [6, 6.07) is 7.07. The number of anilines is 1. The number of benzene rings is 1. The Labute approximate surface area is 193 Å². The van der Waals surface area contributed by atoms with E-state index in [-0.39, 0.29) is 11.8 Å². The Kier molecular flexibility index (Phi) is 6.26. The predicted molar refractivity (Wildman–Crippen MR) is 129 cm³/mol. The van der Waals surface area contributed by atoms with Crippen LogP contribution < -0.4 is 5.73 Å². The molecule has 0 bridgehead atoms. The summed E-state index contributed by atoms with van der Waals surface area (Å²) in [4.78, 5) is 22.9. The van der Waals surface area contributed by atoms with Crippen LogP contribution in [0, 0.1) is 5.92 Å². The van der Waals surface area contributed by atoms with Gasteiger partial charge in [0.15, 0.2) is 0 Å². The quantitative estimate of drug-likeness (QED) is 0.596. The molecule has 33 heavy (non-hydrogen) atoms. The average Bonchev–Trinajstić information content (AvgIpc) is 3.16. The van der Waals surface area contributed by atoms with Crippen LogP contribution in [-0.2, 0) is 4.74 Å². The molecule has 8 nitrogen and oxygen atoms in total. The number of fused-ring (bicyclic) bond motifs is 1. The predicted octanol–water partition coefficient (Wildman–Crippen LogP) is 4.73. The number of phenolic OH excluding ortho intramolecular Hbond substituents is 1. The number of hydrogen-bond donors (Lipinski definition) is 2. The van der Waals surface area contributed by atoms with Crippen LogP contribution in [0.3, 0.4) is 0 Å². The van der Waals surface area contributed by atoms with E-state index < -0.39 is 5.60 Å². The van der Waals surface area contributed by atoms with Crippen molar-refractivity contribution in [3.63, 3.8) is 0 Å². The van der Waals surface area contributed by atoms with Gasteiger partial charge in [-0.3, -0.25) is 4.40 Å². The van der Waals surface area contributed by atoms with E-state index in [4.69, 9.17) is 10.5 Å². The zero-order chi connectivity index (χ0) is 23.6. The Morgan fingerprint density at radius 2 is 1.94 bits per heavy atom. The Balaban J connectivity index is 1.38. The van der Waals surface area contributed by atoms with Crippen LogP contribution >= 0.6 is 0 Å². The maximum absolute atomic E-state index is 12.2. The van der Waals surface area contributed by atoms with Crippen LogP contribution in [0.5, 0.6) is 5.75 Å². The number of phenols is 1. The van der Waals surface area contributed by atoms with Crippen LogP contribution in [0.4, 0.5) is 10.6 Å². The molecule has 0 spiro atoms. The number of ether oxygens (including phenoxy) is 1. The summed E-state index contributed by atoms with van der Waals surface area (Å²) in [5.41, 5.74) is 7.79. The van der Waals surface area contributed by atoms with Crippen LogP contribution in [0.15, 0.2) is 42.7 Å². The summed E-state index contributed by atoms with van der Waals surface area (Å²) in [5.74, 6) is 1.58. The van der Waals surface area contributed by atoms with Gasteiger partial charge in [0, 0.05) is 36.6 Å². The van der Waals surface area contributed by atoms with Crippen molar-refractivity contribution in [2.45, 2.75) is 45.6 Å². The van der Waals surface area contributed by atoms with Crippen LogP contribution in [0.25, 0.3) is 23.1 Å². The highest BCUT2D eigenvalue weighted by molar-refractivity contribution is 5.70. The number of para-hydroxylation sites is 1. The molecule has 0 aliphatic carbocycles. The number of aromatic nitrogens is 3. The van der Waals surface area contributed by atoms with Crippen molar-refractivity contribution in [2.24, 2.45) is 5.92 Å². The topological polar surface area (TPSA) is 106 Å². The number of rotatable bonds is 4. The number of likely N-dealkylation sites (tertiary alicyclic amines) is 1. The van der Waals surface area contributed by atoms with Crippen molar-refractivity contribution < 1.29 is 14.6 Å². The molecule has 3 aromatic rings. The molecule has 0 unspecified atom stereocenters. The number of allylic oxidation sites excluding steroid dienone is 1. The lowest BCUT2D eigenvalue weighted by atomic mass is 9.93. The maximum atomic E-state index is 12.2. The first-order valence-electron chi connectivity index (χ1n) is 11.3. The van der Waals surface area contributed by atoms with Gasteiger partial charge >= 0.3 is 6.09 Å². The summed E-state index contributed by atoms with van der Waals surface area (Å²) < 4.78 is 7.28. The van der Waals surface area contributed by atoms with E-state index in [0.717, 1.165) is 24.8 Å². The molecule has 0 saturated carbocycles. The van der Waals surface area contributed by atoms with Gasteiger partial charge in [-0.1, -0.05) is 24.3 Å². The number of carbonyl (C=O) groups is 1. The zero-order valence-electron chi connectivity index (χ0n) is 19.4. The van der Waals surface area contributed by atoms with E-state index in [1.807, 2.05) is 55.8 Å². The Morgan fingerprint density at radius 1 is 1.21 bits per heavy atom. The highest BCUT2D eigenvalue weighted by Gasteiger charge is 2.26. The van der Waals surface area contributed by atoms with Crippen molar-refractivity contribution in [1.82, 2.24) is 19.3 Å². The molecule has 8 heteroatoms. The van der Waals surface area contributed by atoms with Crippen LogP contribution in [-0.4, -0.2) is 49.2 Å². The fraction of sp³-hybridized carbons (Fsp3) is 0.400. The molecule has 1 fully saturated rings. The summed E-state index contributed by atoms with van der Waals surface area (Å²) in [6.07, 6.45) is 10.4. The minimum atomic E-state index is -0.469. The lowest BCUT2D eigenvalue weighted by molar-refractivity contribution is 0.0185. The number of amides is 1. The van der Waals surface area contributed by atoms with E-state index in [0.29, 0.717) is 41.9 Å². The second-order valence-corrected chi connectivity index (χ2v) is 9.48. The standard InChI is InChI=1S/C25H31N5O3/c1-25(2,3)33-24(32)29-13-11-17(12-14-29)7-6-8-18-15-30-16-20(27-23(30)28-22(18)26)19-9-4-5-10-21(19)31/h4-6,8-10,15-17,31H,7,11-14H2,1-3H3,(H2,26,27,28)/b8-6+. The van der Waals surface area contributed by atoms with Gasteiger partial charge in [0.25, 0.3) is 0 Å². The summed E-state index contributed by atoms with van der Waals surface area (Å²) >= 11 is 0. The minimum Gasteiger partial charge on any atom is -0.507 e. The normalized spacial score (nSPS) is 15.4. The lowest BCUT2D eigenvalue weighted by Gasteiger charge is -2.33. The van der Waals surface area contributed by atoms with E-state index in [9.17, 15) is 9.90 Å². The molecule has 0 radical (unpaired) electrons. The number of piperidine rings is 1. The van der Waals surface area contributed by atoms with Crippen molar-refractivity contribution in [3.05, 3.63) is 48.3 Å². The maximum Gasteiger partial charge on any atom is 0.410 e. The Hall–Kier alpha value is -3.55. The molecule has 1 saturated heterocycles. The highest BCUT2D eigenvalue weighted by atomic mass is 16.6. The molecule has 4 rings (SSSR count). The van der Waals surface area contributed by atoms with Gasteiger partial charge in [0.05, 0.1) is 5.69 Å². The van der Waals surface area contributed by atoms with Gasteiger partial charge in [0.1, 0.15) is 17.2 Å². The third-order valence-corrected chi connectivity index (χ3v) is 5.72. The molecule has 3 N–H and O–H groups in total. The first-order chi connectivity index (χ1) is 15.7. The Bertz CT molecular complexity index is 1170.